The van der Waals surface area contributed by atoms with E-state index in [1.165, 1.54) is 22.7 Å². The van der Waals surface area contributed by atoms with E-state index < -0.39 is 23.8 Å². The number of anilines is 2. The molecule has 0 bridgehead atoms. The first-order valence-electron chi connectivity index (χ1n) is 12.4. The molecule has 4 rings (SSSR count). The maximum atomic E-state index is 12.6. The van der Waals surface area contributed by atoms with E-state index in [2.05, 4.69) is 10.6 Å². The number of aryl methyl sites for hydroxylation is 2. The molecule has 0 fully saturated rings. The molecule has 2 aromatic heterocycles. The predicted molar refractivity (Wildman–Crippen MR) is 140 cm³/mol. The molecule has 8 nitrogen and oxygen atoms in total. The van der Waals surface area contributed by atoms with E-state index >= 15 is 0 Å². The Labute approximate surface area is 218 Å². The molecule has 0 spiro atoms. The molecule has 0 aromatic carbocycles. The Hall–Kier alpha value is -2.98. The SMILES string of the molecule is CCOC(=O)c1c(NC(=O)/C=C/C(=O)Nc2sc3c(c2C(=O)OCC)CCCC3)sc2c1CCCC2. The van der Waals surface area contributed by atoms with Crippen molar-refractivity contribution in [2.75, 3.05) is 23.8 Å². The van der Waals surface area contributed by atoms with Crippen LogP contribution in [0.3, 0.4) is 0 Å². The number of nitrogens with one attached hydrogen (secondary N) is 2. The van der Waals surface area contributed by atoms with Gasteiger partial charge in [-0.15, -0.1) is 22.7 Å². The number of thiophene rings is 2. The van der Waals surface area contributed by atoms with E-state index in [-0.39, 0.29) is 13.2 Å². The van der Waals surface area contributed by atoms with Crippen molar-refractivity contribution in [1.82, 2.24) is 0 Å². The average Bonchev–Trinajstić information content (AvgIpc) is 3.40. The van der Waals surface area contributed by atoms with Gasteiger partial charge in [-0.1, -0.05) is 0 Å². The molecule has 10 heteroatoms. The first-order valence-corrected chi connectivity index (χ1v) is 14.0. The third-order valence-electron chi connectivity index (χ3n) is 6.16. The highest BCUT2D eigenvalue weighted by molar-refractivity contribution is 7.17. The Bertz CT molecular complexity index is 1120. The lowest BCUT2D eigenvalue weighted by Gasteiger charge is -2.12. The van der Waals surface area contributed by atoms with E-state index in [4.69, 9.17) is 9.47 Å². The zero-order chi connectivity index (χ0) is 25.7. The van der Waals surface area contributed by atoms with Crippen molar-refractivity contribution in [2.45, 2.75) is 65.2 Å². The topological polar surface area (TPSA) is 111 Å². The Morgan fingerprint density at radius 1 is 0.694 bits per heavy atom. The third-order valence-corrected chi connectivity index (χ3v) is 8.58. The zero-order valence-electron chi connectivity index (χ0n) is 20.5. The molecule has 0 atom stereocenters. The van der Waals surface area contributed by atoms with Gasteiger partial charge in [-0.05, 0) is 76.3 Å². The Balaban J connectivity index is 1.47. The van der Waals surface area contributed by atoms with Gasteiger partial charge in [0.25, 0.3) is 0 Å². The van der Waals surface area contributed by atoms with Gasteiger partial charge in [0.1, 0.15) is 10.0 Å². The van der Waals surface area contributed by atoms with Crippen molar-refractivity contribution in [2.24, 2.45) is 0 Å². The van der Waals surface area contributed by atoms with Gasteiger partial charge >= 0.3 is 11.9 Å². The molecule has 36 heavy (non-hydrogen) atoms. The molecule has 0 aliphatic heterocycles. The number of ether oxygens (including phenoxy) is 2. The summed E-state index contributed by atoms with van der Waals surface area (Å²) in [7, 11) is 0. The Morgan fingerprint density at radius 3 is 1.47 bits per heavy atom. The summed E-state index contributed by atoms with van der Waals surface area (Å²) < 4.78 is 10.4. The number of hydrogen-bond acceptors (Lipinski definition) is 8. The second-order valence-electron chi connectivity index (χ2n) is 8.58. The van der Waals surface area contributed by atoms with E-state index in [9.17, 15) is 19.2 Å². The number of fused-ring (bicyclic) bond motifs is 2. The molecule has 2 aliphatic carbocycles. The van der Waals surface area contributed by atoms with Crippen molar-refractivity contribution in [3.8, 4) is 0 Å². The lowest BCUT2D eigenvalue weighted by atomic mass is 9.95. The molecule has 2 amide bonds. The van der Waals surface area contributed by atoms with Crippen LogP contribution < -0.4 is 10.6 Å². The van der Waals surface area contributed by atoms with E-state index in [1.54, 1.807) is 13.8 Å². The van der Waals surface area contributed by atoms with Crippen LogP contribution in [0.25, 0.3) is 0 Å². The molecule has 2 N–H and O–H groups in total. The maximum absolute atomic E-state index is 12.6. The van der Waals surface area contributed by atoms with Crippen molar-refractivity contribution in [1.29, 1.82) is 0 Å². The summed E-state index contributed by atoms with van der Waals surface area (Å²) in [6.45, 7) is 3.98. The molecular weight excluding hydrogens is 500 g/mol. The van der Waals surface area contributed by atoms with E-state index in [0.717, 1.165) is 84.4 Å². The molecule has 2 aliphatic rings. The monoisotopic (exact) mass is 530 g/mol. The van der Waals surface area contributed by atoms with Gasteiger partial charge in [-0.25, -0.2) is 9.59 Å². The van der Waals surface area contributed by atoms with Gasteiger partial charge in [0.05, 0.1) is 24.3 Å². The number of carbonyl (C=O) groups is 4. The summed E-state index contributed by atoms with van der Waals surface area (Å²) in [5.41, 5.74) is 2.75. The van der Waals surface area contributed by atoms with Crippen molar-refractivity contribution in [3.63, 3.8) is 0 Å². The quantitative estimate of drug-likeness (QED) is 0.365. The van der Waals surface area contributed by atoms with Gasteiger partial charge in [0.2, 0.25) is 11.8 Å². The molecule has 2 heterocycles. The van der Waals surface area contributed by atoms with Crippen LogP contribution in [0.1, 0.15) is 81.1 Å². The van der Waals surface area contributed by atoms with Crippen LogP contribution in [0.15, 0.2) is 12.2 Å². The van der Waals surface area contributed by atoms with Crippen LogP contribution in [0.4, 0.5) is 10.0 Å². The fourth-order valence-corrected chi connectivity index (χ4v) is 7.17. The number of carbonyl (C=O) groups excluding carboxylic acids is 4. The lowest BCUT2D eigenvalue weighted by Crippen LogP contribution is -2.16. The first-order chi connectivity index (χ1) is 17.4. The molecule has 0 unspecified atom stereocenters. The molecule has 192 valence electrons. The van der Waals surface area contributed by atoms with Crippen LogP contribution >= 0.6 is 22.7 Å². The summed E-state index contributed by atoms with van der Waals surface area (Å²) in [5.74, 6) is -1.93. The first kappa shape index (κ1) is 26.1. The zero-order valence-corrected chi connectivity index (χ0v) is 22.1. The molecule has 0 radical (unpaired) electrons. The van der Waals surface area contributed by atoms with Crippen LogP contribution in [-0.4, -0.2) is 37.0 Å². The summed E-state index contributed by atoms with van der Waals surface area (Å²) in [4.78, 5) is 52.6. The minimum absolute atomic E-state index is 0.247. The lowest BCUT2D eigenvalue weighted by molar-refractivity contribution is -0.114. The molecular formula is C26H30N2O6S2. The maximum Gasteiger partial charge on any atom is 0.341 e. The van der Waals surface area contributed by atoms with Crippen LogP contribution in [0.5, 0.6) is 0 Å². The molecule has 0 saturated carbocycles. The van der Waals surface area contributed by atoms with E-state index in [1.807, 2.05) is 0 Å². The fourth-order valence-electron chi connectivity index (χ4n) is 4.60. The normalized spacial score (nSPS) is 14.6. The standard InChI is InChI=1S/C26H30N2O6S2/c1-3-33-25(31)21-15-9-5-7-11-17(15)35-23(21)27-19(29)13-14-20(30)28-24-22(26(32)34-4-2)16-10-6-8-12-18(16)36-24/h13-14H,3-12H2,1-2H3,(H,27,29)(H,28,30)/b14-13+. The van der Waals surface area contributed by atoms with Crippen LogP contribution in [0.2, 0.25) is 0 Å². The minimum Gasteiger partial charge on any atom is -0.462 e. The van der Waals surface area contributed by atoms with Crippen molar-refractivity contribution < 1.29 is 28.7 Å². The predicted octanol–water partition coefficient (Wildman–Crippen LogP) is 5.05. The highest BCUT2D eigenvalue weighted by atomic mass is 32.1. The summed E-state index contributed by atoms with van der Waals surface area (Å²) in [6.07, 6.45) is 9.62. The highest BCUT2D eigenvalue weighted by Crippen LogP contribution is 2.39. The Kier molecular flexibility index (Phi) is 8.58. The molecule has 2 aromatic rings. The number of esters is 2. The molecule has 0 saturated heterocycles. The van der Waals surface area contributed by atoms with Gasteiger partial charge < -0.3 is 20.1 Å². The fraction of sp³-hybridized carbons (Fsp3) is 0.462. The minimum atomic E-state index is -0.523. The number of amides is 2. The smallest absolute Gasteiger partial charge is 0.341 e. The van der Waals surface area contributed by atoms with Gasteiger partial charge in [0, 0.05) is 21.9 Å². The number of rotatable bonds is 8. The van der Waals surface area contributed by atoms with E-state index in [0.29, 0.717) is 21.1 Å². The third kappa shape index (κ3) is 5.70. The highest BCUT2D eigenvalue weighted by Gasteiger charge is 2.28. The van der Waals surface area contributed by atoms with Crippen LogP contribution in [0, 0.1) is 0 Å². The Morgan fingerprint density at radius 2 is 1.08 bits per heavy atom. The van der Waals surface area contributed by atoms with Crippen molar-refractivity contribution >= 4 is 56.4 Å². The second-order valence-corrected chi connectivity index (χ2v) is 10.8. The summed E-state index contributed by atoms with van der Waals surface area (Å²) in [5, 5.41) is 6.41. The van der Waals surface area contributed by atoms with Crippen molar-refractivity contribution in [3.05, 3.63) is 44.2 Å². The van der Waals surface area contributed by atoms with Gasteiger partial charge in [-0.3, -0.25) is 9.59 Å². The summed E-state index contributed by atoms with van der Waals surface area (Å²) >= 11 is 2.78. The average molecular weight is 531 g/mol. The van der Waals surface area contributed by atoms with Crippen LogP contribution in [-0.2, 0) is 44.7 Å². The largest absolute Gasteiger partial charge is 0.462 e. The number of hydrogen-bond donors (Lipinski definition) is 2. The second kappa shape index (κ2) is 11.8. The summed E-state index contributed by atoms with van der Waals surface area (Å²) in [6, 6.07) is 0. The van der Waals surface area contributed by atoms with Gasteiger partial charge in [0.15, 0.2) is 0 Å². The van der Waals surface area contributed by atoms with Gasteiger partial charge in [-0.2, -0.15) is 0 Å².